The first kappa shape index (κ1) is 12.4. The number of halogens is 3. The summed E-state index contributed by atoms with van der Waals surface area (Å²) >= 11 is 0. The molecule has 0 radical (unpaired) electrons. The van der Waals surface area contributed by atoms with E-state index in [1.165, 1.54) is 6.07 Å². The van der Waals surface area contributed by atoms with Crippen LogP contribution in [0.1, 0.15) is 11.3 Å². The third-order valence-electron chi connectivity index (χ3n) is 2.43. The average molecular weight is 248 g/mol. The molecule has 2 rings (SSSR count). The Labute approximate surface area is 103 Å². The van der Waals surface area contributed by atoms with Crippen LogP contribution in [0.2, 0.25) is 0 Å². The van der Waals surface area contributed by atoms with E-state index in [4.69, 9.17) is 0 Å². The van der Waals surface area contributed by atoms with Crippen molar-refractivity contribution in [3.8, 4) is 0 Å². The molecule has 0 amide bonds. The van der Waals surface area contributed by atoms with Gasteiger partial charge in [0.2, 0.25) is 0 Å². The van der Waals surface area contributed by atoms with Gasteiger partial charge in [-0.1, -0.05) is 47.9 Å². The topological polar surface area (TPSA) is 12.9 Å². The van der Waals surface area contributed by atoms with Gasteiger partial charge in [0.1, 0.15) is 0 Å². The molecule has 2 aromatic rings. The highest BCUT2D eigenvalue weighted by Gasteiger charge is 2.25. The van der Waals surface area contributed by atoms with Crippen LogP contribution in [0.3, 0.4) is 0 Å². The van der Waals surface area contributed by atoms with Crippen LogP contribution in [0.5, 0.6) is 0 Å². The Morgan fingerprint density at radius 1 is 0.889 bits per heavy atom. The van der Waals surface area contributed by atoms with E-state index in [2.05, 4.69) is 4.98 Å². The quantitative estimate of drug-likeness (QED) is 0.759. The van der Waals surface area contributed by atoms with Gasteiger partial charge in [-0.05, 0) is 17.7 Å². The van der Waals surface area contributed by atoms with Crippen molar-refractivity contribution in [2.45, 2.75) is 0 Å². The van der Waals surface area contributed by atoms with Crippen molar-refractivity contribution in [2.24, 2.45) is 0 Å². The van der Waals surface area contributed by atoms with Crippen LogP contribution >= 0.6 is 0 Å². The third-order valence-corrected chi connectivity index (χ3v) is 2.43. The Hall–Kier alpha value is -2.04. The van der Waals surface area contributed by atoms with Gasteiger partial charge in [-0.25, -0.2) is 0 Å². The van der Waals surface area contributed by atoms with Gasteiger partial charge in [0.25, 0.3) is 0 Å². The molecule has 5 heteroatoms. The highest BCUT2D eigenvalue weighted by molar-refractivity contribution is 6.73. The molecule has 18 heavy (non-hydrogen) atoms. The molecule has 0 spiro atoms. The largest absolute Gasteiger partial charge is 0.511 e. The minimum absolute atomic E-state index is 0.502. The lowest BCUT2D eigenvalue weighted by Gasteiger charge is -2.13. The predicted molar refractivity (Wildman–Crippen MR) is 68.3 cm³/mol. The van der Waals surface area contributed by atoms with Crippen molar-refractivity contribution < 1.29 is 12.9 Å². The van der Waals surface area contributed by atoms with Gasteiger partial charge in [0.05, 0.1) is 5.69 Å². The monoisotopic (exact) mass is 248 g/mol. The maximum absolute atomic E-state index is 12.4. The molecule has 0 bridgehead atoms. The smallest absolute Gasteiger partial charge is 0.445 e. The molecule has 92 valence electrons. The molecular weight excluding hydrogens is 238 g/mol. The molecule has 0 aliphatic rings. The zero-order valence-corrected chi connectivity index (χ0v) is 9.43. The van der Waals surface area contributed by atoms with Gasteiger partial charge in [-0.15, -0.1) is 0 Å². The predicted octanol–water partition coefficient (Wildman–Crippen LogP) is 3.31. The highest BCUT2D eigenvalue weighted by atomic mass is 19.4. The lowest BCUT2D eigenvalue weighted by Crippen LogP contribution is -2.34. The fourth-order valence-corrected chi connectivity index (χ4v) is 1.45. The van der Waals surface area contributed by atoms with Crippen LogP contribution in [0.25, 0.3) is 12.2 Å². The number of nitrogens with zero attached hydrogens (tertiary/aromatic N) is 1. The van der Waals surface area contributed by atoms with Gasteiger partial charge in [-0.3, -0.25) is 4.98 Å². The molecule has 0 atom stereocenters. The summed E-state index contributed by atoms with van der Waals surface area (Å²) in [5.41, 5.74) is 0.804. The normalized spacial score (nSPS) is 11.9. The summed E-state index contributed by atoms with van der Waals surface area (Å²) in [5.74, 6) is 0. The number of pyridine rings is 1. The molecule has 0 saturated carbocycles. The zero-order chi connectivity index (χ0) is 13.0. The fraction of sp³-hybridized carbons (Fsp3) is 0. The first-order valence-electron chi connectivity index (χ1n) is 5.45. The lowest BCUT2D eigenvalue weighted by atomic mass is 9.81. The van der Waals surface area contributed by atoms with Crippen LogP contribution in [0.4, 0.5) is 12.9 Å². The summed E-state index contributed by atoms with van der Waals surface area (Å²) in [6, 6.07) is 11.9. The van der Waals surface area contributed by atoms with Crippen LogP contribution < -0.4 is 5.46 Å². The van der Waals surface area contributed by atoms with Gasteiger partial charge in [0.15, 0.2) is 0 Å². The minimum atomic E-state index is -4.96. The van der Waals surface area contributed by atoms with E-state index in [1.807, 2.05) is 30.3 Å². The first-order valence-corrected chi connectivity index (χ1v) is 5.45. The van der Waals surface area contributed by atoms with Crippen LogP contribution in [0.15, 0.2) is 48.7 Å². The molecule has 1 aromatic heterocycles. The number of rotatable bonds is 3. The summed E-state index contributed by atoms with van der Waals surface area (Å²) in [5, 5.41) is 0. The Balaban J connectivity index is 2.14. The molecule has 1 aromatic carbocycles. The summed E-state index contributed by atoms with van der Waals surface area (Å²) in [6.45, 7) is -4.96. The van der Waals surface area contributed by atoms with Crippen LogP contribution in [0, 0.1) is 0 Å². The van der Waals surface area contributed by atoms with E-state index < -0.39 is 12.4 Å². The molecule has 0 N–H and O–H groups in total. The highest BCUT2D eigenvalue weighted by Crippen LogP contribution is 2.09. The van der Waals surface area contributed by atoms with E-state index in [9.17, 15) is 12.9 Å². The second-order valence-electron chi connectivity index (χ2n) is 3.84. The maximum Gasteiger partial charge on any atom is 0.511 e. The summed E-state index contributed by atoms with van der Waals surface area (Å²) in [4.78, 5) is 3.77. The van der Waals surface area contributed by atoms with E-state index in [0.717, 1.165) is 17.8 Å². The number of aromatic nitrogens is 1. The maximum atomic E-state index is 12.4. The minimum Gasteiger partial charge on any atom is -0.445 e. The zero-order valence-electron chi connectivity index (χ0n) is 9.43. The van der Waals surface area contributed by atoms with E-state index >= 15 is 0 Å². The standard InChI is InChI=1S/C13H10BF3N/c15-14(16,17)12-7-9-13(18-10-12)8-6-11-4-2-1-3-5-11/h1-10H/q-1/b8-6+. The van der Waals surface area contributed by atoms with Crippen molar-refractivity contribution in [1.29, 1.82) is 0 Å². The van der Waals surface area contributed by atoms with Crippen LogP contribution in [-0.4, -0.2) is 12.0 Å². The van der Waals surface area contributed by atoms with Crippen molar-refractivity contribution in [3.05, 3.63) is 59.9 Å². The molecule has 1 heterocycles. The molecule has 0 unspecified atom stereocenters. The second kappa shape index (κ2) is 5.08. The average Bonchev–Trinajstić information content (AvgIpc) is 2.37. The van der Waals surface area contributed by atoms with E-state index in [1.54, 1.807) is 12.2 Å². The molecular formula is C13H10BF3N-. The molecule has 1 nitrogen and oxygen atoms in total. The molecule has 0 saturated heterocycles. The number of benzene rings is 1. The Morgan fingerprint density at radius 2 is 1.61 bits per heavy atom. The Morgan fingerprint density at radius 3 is 2.17 bits per heavy atom. The van der Waals surface area contributed by atoms with E-state index in [0.29, 0.717) is 5.69 Å². The number of hydrogen-bond acceptors (Lipinski definition) is 1. The third kappa shape index (κ3) is 3.23. The SMILES string of the molecule is F[B-](F)(F)c1ccc(/C=C/c2ccccc2)nc1. The van der Waals surface area contributed by atoms with Crippen molar-refractivity contribution in [2.75, 3.05) is 0 Å². The van der Waals surface area contributed by atoms with Gasteiger partial charge < -0.3 is 12.9 Å². The Bertz CT molecular complexity index is 532. The van der Waals surface area contributed by atoms with Gasteiger partial charge in [-0.2, -0.15) is 0 Å². The fourth-order valence-electron chi connectivity index (χ4n) is 1.45. The Kier molecular flexibility index (Phi) is 3.51. The van der Waals surface area contributed by atoms with Crippen LogP contribution in [-0.2, 0) is 0 Å². The van der Waals surface area contributed by atoms with Gasteiger partial charge >= 0.3 is 6.98 Å². The lowest BCUT2D eigenvalue weighted by molar-refractivity contribution is 0.500. The summed E-state index contributed by atoms with van der Waals surface area (Å²) < 4.78 is 37.1. The first-order chi connectivity index (χ1) is 8.55. The molecule has 0 aliphatic heterocycles. The molecule has 0 aliphatic carbocycles. The summed E-state index contributed by atoms with van der Waals surface area (Å²) in [7, 11) is 0. The number of hydrogen-bond donors (Lipinski definition) is 0. The molecule has 0 fully saturated rings. The van der Waals surface area contributed by atoms with Gasteiger partial charge in [0, 0.05) is 6.20 Å². The second-order valence-corrected chi connectivity index (χ2v) is 3.84. The van der Waals surface area contributed by atoms with E-state index in [-0.39, 0.29) is 0 Å². The van der Waals surface area contributed by atoms with Crippen molar-refractivity contribution >= 4 is 24.6 Å². The summed E-state index contributed by atoms with van der Waals surface area (Å²) in [6.07, 6.45) is 4.36. The van der Waals surface area contributed by atoms with Crippen molar-refractivity contribution in [3.63, 3.8) is 0 Å². The van der Waals surface area contributed by atoms with Crippen molar-refractivity contribution in [1.82, 2.24) is 4.98 Å².